The largest absolute Gasteiger partial charge is 0.279 e. The van der Waals surface area contributed by atoms with Gasteiger partial charge in [-0.1, -0.05) is 75.2 Å². The maximum Gasteiger partial charge on any atom is 0.279 e. The molecule has 0 fully saturated rings. The lowest BCUT2D eigenvalue weighted by molar-refractivity contribution is 0.0672. The van der Waals surface area contributed by atoms with Crippen molar-refractivity contribution < 1.29 is 9.59 Å². The fraction of sp³-hybridized carbons (Fsp3) is 0.192. The molecule has 5 nitrogen and oxygen atoms in total. The Balaban J connectivity index is 2.11. The van der Waals surface area contributed by atoms with Gasteiger partial charge in [0.25, 0.3) is 17.4 Å². The van der Waals surface area contributed by atoms with E-state index in [4.69, 9.17) is 6.42 Å². The molecule has 3 aromatic rings. The molecule has 0 bridgehead atoms. The Morgan fingerprint density at radius 1 is 0.903 bits per heavy atom. The molecule has 0 aliphatic carbocycles. The summed E-state index contributed by atoms with van der Waals surface area (Å²) in [6.45, 7) is 5.95. The first kappa shape index (κ1) is 20.4. The molecule has 4 rings (SSSR count). The smallest absolute Gasteiger partial charge is 0.271 e. The molecule has 0 N–H and O–H groups in total. The summed E-state index contributed by atoms with van der Waals surface area (Å²) in [5, 5.41) is 0. The Bertz CT molecular complexity index is 1310. The Morgan fingerprint density at radius 3 is 2.19 bits per heavy atom. The molecule has 2 aromatic carbocycles. The fourth-order valence-corrected chi connectivity index (χ4v) is 4.01. The Morgan fingerprint density at radius 2 is 1.55 bits per heavy atom. The van der Waals surface area contributed by atoms with Gasteiger partial charge in [-0.3, -0.25) is 23.9 Å². The quantitative estimate of drug-likeness (QED) is 0.484. The number of para-hydroxylation sites is 1. The predicted molar refractivity (Wildman–Crippen MR) is 120 cm³/mol. The lowest BCUT2D eigenvalue weighted by atomic mass is 9.85. The van der Waals surface area contributed by atoms with Gasteiger partial charge >= 0.3 is 0 Å². The van der Waals surface area contributed by atoms with E-state index in [-0.39, 0.29) is 28.8 Å². The summed E-state index contributed by atoms with van der Waals surface area (Å²) in [6.07, 6.45) is 5.41. The number of nitrogens with zero attached hydrogens (tertiary/aromatic N) is 2. The molecule has 5 heteroatoms. The van der Waals surface area contributed by atoms with E-state index < -0.39 is 11.8 Å². The van der Waals surface area contributed by atoms with Crippen molar-refractivity contribution in [2.24, 2.45) is 0 Å². The first-order valence-corrected chi connectivity index (χ1v) is 10.0. The third-order valence-corrected chi connectivity index (χ3v) is 5.41. The summed E-state index contributed by atoms with van der Waals surface area (Å²) in [6, 6.07) is 18.0. The zero-order valence-electron chi connectivity index (χ0n) is 17.7. The Labute approximate surface area is 180 Å². The summed E-state index contributed by atoms with van der Waals surface area (Å²) < 4.78 is 1.36. The molecule has 154 valence electrons. The maximum absolute atomic E-state index is 13.4. The van der Waals surface area contributed by atoms with Gasteiger partial charge < -0.3 is 0 Å². The second-order valence-corrected chi connectivity index (χ2v) is 8.49. The lowest BCUT2D eigenvalue weighted by Crippen LogP contribution is -2.32. The molecule has 0 atom stereocenters. The van der Waals surface area contributed by atoms with Crippen molar-refractivity contribution >= 4 is 11.8 Å². The van der Waals surface area contributed by atoms with Gasteiger partial charge in [-0.2, -0.15) is 0 Å². The first-order chi connectivity index (χ1) is 14.8. The van der Waals surface area contributed by atoms with E-state index in [1.807, 2.05) is 69.3 Å². The molecule has 31 heavy (non-hydrogen) atoms. The Hall–Kier alpha value is -3.91. The van der Waals surface area contributed by atoms with Crippen molar-refractivity contribution in [1.82, 2.24) is 9.47 Å². The molecule has 2 amide bonds. The molecule has 2 heterocycles. The summed E-state index contributed by atoms with van der Waals surface area (Å²) in [7, 11) is 0. The highest BCUT2D eigenvalue weighted by atomic mass is 16.2. The number of rotatable bonds is 3. The van der Waals surface area contributed by atoms with Crippen LogP contribution < -0.4 is 5.56 Å². The van der Waals surface area contributed by atoms with Gasteiger partial charge in [0.1, 0.15) is 5.69 Å². The van der Waals surface area contributed by atoms with E-state index in [2.05, 4.69) is 5.92 Å². The summed E-state index contributed by atoms with van der Waals surface area (Å²) in [5.41, 5.74) is 2.20. The highest BCUT2D eigenvalue weighted by Crippen LogP contribution is 2.35. The highest BCUT2D eigenvalue weighted by molar-refractivity contribution is 6.23. The fourth-order valence-electron chi connectivity index (χ4n) is 4.01. The third-order valence-electron chi connectivity index (χ3n) is 5.41. The monoisotopic (exact) mass is 410 g/mol. The van der Waals surface area contributed by atoms with Gasteiger partial charge in [-0.25, -0.2) is 0 Å². The minimum absolute atomic E-state index is 0.0586. The summed E-state index contributed by atoms with van der Waals surface area (Å²) in [4.78, 5) is 41.0. The average Bonchev–Trinajstić information content (AvgIpc) is 2.99. The van der Waals surface area contributed by atoms with E-state index in [1.54, 1.807) is 6.07 Å². The van der Waals surface area contributed by atoms with Crippen LogP contribution in [0.5, 0.6) is 0 Å². The second kappa shape index (κ2) is 7.41. The van der Waals surface area contributed by atoms with Gasteiger partial charge in [0, 0.05) is 11.6 Å². The predicted octanol–water partition coefficient (Wildman–Crippen LogP) is 4.03. The number of amides is 2. The van der Waals surface area contributed by atoms with E-state index in [0.29, 0.717) is 16.8 Å². The number of benzene rings is 2. The van der Waals surface area contributed by atoms with Gasteiger partial charge in [-0.15, -0.1) is 6.42 Å². The van der Waals surface area contributed by atoms with Crippen LogP contribution in [-0.2, 0) is 5.41 Å². The zero-order chi connectivity index (χ0) is 22.3. The minimum Gasteiger partial charge on any atom is -0.271 e. The number of carbonyl (C=O) groups is 2. The molecular formula is C26H22N2O3. The molecule has 0 saturated carbocycles. The third kappa shape index (κ3) is 3.27. The van der Waals surface area contributed by atoms with Crippen LogP contribution >= 0.6 is 0 Å². The molecule has 0 unspecified atom stereocenters. The summed E-state index contributed by atoms with van der Waals surface area (Å²) >= 11 is 0. The molecular weight excluding hydrogens is 388 g/mol. The van der Waals surface area contributed by atoms with Crippen LogP contribution in [0.15, 0.2) is 65.5 Å². The van der Waals surface area contributed by atoms with Crippen molar-refractivity contribution in [1.29, 1.82) is 0 Å². The topological polar surface area (TPSA) is 59.4 Å². The van der Waals surface area contributed by atoms with Gasteiger partial charge in [0.2, 0.25) is 0 Å². The van der Waals surface area contributed by atoms with E-state index in [1.165, 1.54) is 10.6 Å². The molecule has 0 spiro atoms. The maximum atomic E-state index is 13.4. The molecule has 0 radical (unpaired) electrons. The summed E-state index contributed by atoms with van der Waals surface area (Å²) in [5.74, 6) is 1.32. The number of pyridine rings is 1. The zero-order valence-corrected chi connectivity index (χ0v) is 17.7. The van der Waals surface area contributed by atoms with E-state index in [9.17, 15) is 14.4 Å². The van der Waals surface area contributed by atoms with Crippen LogP contribution in [0.2, 0.25) is 0 Å². The lowest BCUT2D eigenvalue weighted by Gasteiger charge is -2.24. The van der Waals surface area contributed by atoms with Crippen LogP contribution in [-0.4, -0.2) is 27.8 Å². The standard InChI is InChI=1S/C26H22N2O3/c1-5-15-27-24(30)22-18(17-11-7-6-8-12-17)16-21(29)28(23(22)25(27)31)20-14-10-9-13-19(20)26(2,3)4/h1,6-14,16H,15H2,2-4H3. The second-order valence-electron chi connectivity index (χ2n) is 8.49. The minimum atomic E-state index is -0.559. The first-order valence-electron chi connectivity index (χ1n) is 10.0. The SMILES string of the molecule is C#CCN1C(=O)c2c(-c3ccccc3)cc(=O)n(-c3ccccc3C(C)(C)C)c2C1=O. The number of terminal acetylenes is 1. The van der Waals surface area contributed by atoms with Crippen LogP contribution in [0.3, 0.4) is 0 Å². The van der Waals surface area contributed by atoms with Crippen LogP contribution in [0, 0.1) is 12.3 Å². The number of hydrogen-bond acceptors (Lipinski definition) is 3. The number of carbonyl (C=O) groups excluding carboxylic acids is 2. The normalized spacial score (nSPS) is 13.3. The van der Waals surface area contributed by atoms with E-state index in [0.717, 1.165) is 10.5 Å². The van der Waals surface area contributed by atoms with Crippen molar-refractivity contribution in [3.05, 3.63) is 87.8 Å². The average molecular weight is 410 g/mol. The number of aromatic nitrogens is 1. The number of fused-ring (bicyclic) bond motifs is 1. The van der Waals surface area contributed by atoms with Crippen molar-refractivity contribution in [3.8, 4) is 29.2 Å². The van der Waals surface area contributed by atoms with Crippen LogP contribution in [0.25, 0.3) is 16.8 Å². The molecule has 1 aliphatic rings. The molecule has 1 aromatic heterocycles. The highest BCUT2D eigenvalue weighted by Gasteiger charge is 2.41. The van der Waals surface area contributed by atoms with Crippen LogP contribution in [0.1, 0.15) is 47.2 Å². The number of hydrogen-bond donors (Lipinski definition) is 0. The number of imide groups is 1. The van der Waals surface area contributed by atoms with Crippen molar-refractivity contribution in [2.45, 2.75) is 26.2 Å². The van der Waals surface area contributed by atoms with Gasteiger partial charge in [0.05, 0.1) is 17.8 Å². The van der Waals surface area contributed by atoms with Crippen molar-refractivity contribution in [3.63, 3.8) is 0 Å². The molecule has 1 aliphatic heterocycles. The van der Waals surface area contributed by atoms with Gasteiger partial charge in [0.15, 0.2) is 0 Å². The van der Waals surface area contributed by atoms with Gasteiger partial charge in [-0.05, 0) is 22.6 Å². The Kier molecular flexibility index (Phi) is 4.87. The molecule has 0 saturated heterocycles. The van der Waals surface area contributed by atoms with Crippen molar-refractivity contribution in [2.75, 3.05) is 6.54 Å². The van der Waals surface area contributed by atoms with E-state index >= 15 is 0 Å². The van der Waals surface area contributed by atoms with Crippen LogP contribution in [0.4, 0.5) is 0 Å².